The third-order valence-corrected chi connectivity index (χ3v) is 5.10. The maximum atomic E-state index is 11.2. The standard InChI is InChI=1S/C25H25N3O3/c1-30-24(29)10-6-3-7-17-31-21-11-12-22-23(18-21)28(20-8-4-2-5-9-20)25(27-22)19-13-15-26-16-14-19/h2,4-5,8-9,11-16,18H,3,6-7,10,17H2,1H3. The lowest BCUT2D eigenvalue weighted by Gasteiger charge is -2.10. The van der Waals surface area contributed by atoms with Gasteiger partial charge < -0.3 is 9.47 Å². The molecule has 6 heteroatoms. The third kappa shape index (κ3) is 4.91. The van der Waals surface area contributed by atoms with Crippen LogP contribution in [0.3, 0.4) is 0 Å². The molecule has 0 bridgehead atoms. The molecule has 0 unspecified atom stereocenters. The van der Waals surface area contributed by atoms with E-state index >= 15 is 0 Å². The maximum absolute atomic E-state index is 11.2. The first-order chi connectivity index (χ1) is 15.3. The van der Waals surface area contributed by atoms with Crippen LogP contribution in [-0.2, 0) is 9.53 Å². The van der Waals surface area contributed by atoms with Crippen molar-refractivity contribution in [2.75, 3.05) is 13.7 Å². The lowest BCUT2D eigenvalue weighted by molar-refractivity contribution is -0.140. The molecule has 0 fully saturated rings. The second-order valence-electron chi connectivity index (χ2n) is 7.23. The molecule has 0 aliphatic carbocycles. The summed E-state index contributed by atoms with van der Waals surface area (Å²) in [5.41, 5.74) is 3.93. The monoisotopic (exact) mass is 415 g/mol. The van der Waals surface area contributed by atoms with E-state index in [4.69, 9.17) is 9.72 Å². The largest absolute Gasteiger partial charge is 0.494 e. The minimum absolute atomic E-state index is 0.162. The Balaban J connectivity index is 1.56. The number of para-hydroxylation sites is 1. The van der Waals surface area contributed by atoms with Crippen molar-refractivity contribution in [3.05, 3.63) is 73.1 Å². The quantitative estimate of drug-likeness (QED) is 0.278. The number of aromatic nitrogens is 3. The van der Waals surface area contributed by atoms with Crippen molar-refractivity contribution < 1.29 is 14.3 Å². The van der Waals surface area contributed by atoms with Gasteiger partial charge in [0.1, 0.15) is 11.6 Å². The summed E-state index contributed by atoms with van der Waals surface area (Å²) in [5.74, 6) is 1.51. The number of carbonyl (C=O) groups excluding carboxylic acids is 1. The van der Waals surface area contributed by atoms with Gasteiger partial charge in [-0.05, 0) is 55.7 Å². The number of ether oxygens (including phenoxy) is 2. The van der Waals surface area contributed by atoms with E-state index in [1.54, 1.807) is 12.4 Å². The van der Waals surface area contributed by atoms with Crippen molar-refractivity contribution >= 4 is 17.0 Å². The molecule has 4 aromatic rings. The molecule has 0 spiro atoms. The molecule has 2 aromatic carbocycles. The van der Waals surface area contributed by atoms with Gasteiger partial charge in [0.2, 0.25) is 0 Å². The number of unbranched alkanes of at least 4 members (excludes halogenated alkanes) is 2. The van der Waals surface area contributed by atoms with Gasteiger partial charge in [0.25, 0.3) is 0 Å². The van der Waals surface area contributed by atoms with Crippen molar-refractivity contribution in [3.8, 4) is 22.8 Å². The Hall–Kier alpha value is -3.67. The summed E-state index contributed by atoms with van der Waals surface area (Å²) in [5, 5.41) is 0. The highest BCUT2D eigenvalue weighted by Crippen LogP contribution is 2.30. The Morgan fingerprint density at radius 3 is 2.55 bits per heavy atom. The van der Waals surface area contributed by atoms with E-state index in [1.165, 1.54) is 7.11 Å². The van der Waals surface area contributed by atoms with Crippen LogP contribution in [0.2, 0.25) is 0 Å². The van der Waals surface area contributed by atoms with Crippen molar-refractivity contribution in [1.82, 2.24) is 14.5 Å². The van der Waals surface area contributed by atoms with Gasteiger partial charge in [0, 0.05) is 36.1 Å². The van der Waals surface area contributed by atoms with Gasteiger partial charge in [-0.25, -0.2) is 4.98 Å². The molecule has 0 amide bonds. The number of nitrogens with zero attached hydrogens (tertiary/aromatic N) is 3. The second-order valence-corrected chi connectivity index (χ2v) is 7.23. The molecule has 31 heavy (non-hydrogen) atoms. The molecule has 2 heterocycles. The number of carbonyl (C=O) groups is 1. The Morgan fingerprint density at radius 1 is 0.968 bits per heavy atom. The molecule has 2 aromatic heterocycles. The normalized spacial score (nSPS) is 10.9. The van der Waals surface area contributed by atoms with E-state index < -0.39 is 0 Å². The van der Waals surface area contributed by atoms with Gasteiger partial charge in [-0.3, -0.25) is 14.3 Å². The summed E-state index contributed by atoms with van der Waals surface area (Å²) < 4.78 is 12.8. The summed E-state index contributed by atoms with van der Waals surface area (Å²) in [6.07, 6.45) is 6.62. The summed E-state index contributed by atoms with van der Waals surface area (Å²) in [7, 11) is 1.42. The molecule has 0 aliphatic heterocycles. The molecule has 0 aliphatic rings. The van der Waals surface area contributed by atoms with Gasteiger partial charge in [-0.1, -0.05) is 18.2 Å². The van der Waals surface area contributed by atoms with Crippen LogP contribution < -0.4 is 4.74 Å². The lowest BCUT2D eigenvalue weighted by atomic mass is 10.2. The van der Waals surface area contributed by atoms with E-state index in [1.807, 2.05) is 48.5 Å². The van der Waals surface area contributed by atoms with Gasteiger partial charge in [0.15, 0.2) is 0 Å². The smallest absolute Gasteiger partial charge is 0.305 e. The molecule has 6 nitrogen and oxygen atoms in total. The predicted octanol–water partition coefficient (Wildman–Crippen LogP) is 5.20. The van der Waals surface area contributed by atoms with E-state index in [-0.39, 0.29) is 5.97 Å². The first kappa shape index (κ1) is 20.6. The Labute approximate surface area is 181 Å². The zero-order valence-electron chi connectivity index (χ0n) is 17.5. The fourth-order valence-electron chi connectivity index (χ4n) is 3.52. The molecule has 0 atom stereocenters. The Bertz CT molecular complexity index is 1140. The SMILES string of the molecule is COC(=O)CCCCCOc1ccc2nc(-c3ccncc3)n(-c3ccccc3)c2c1. The van der Waals surface area contributed by atoms with Crippen molar-refractivity contribution in [2.45, 2.75) is 25.7 Å². The predicted molar refractivity (Wildman–Crippen MR) is 120 cm³/mol. The van der Waals surface area contributed by atoms with Crippen LogP contribution in [0.15, 0.2) is 73.1 Å². The van der Waals surface area contributed by atoms with Crippen LogP contribution in [0.4, 0.5) is 0 Å². The van der Waals surface area contributed by atoms with Gasteiger partial charge in [-0.2, -0.15) is 0 Å². The lowest BCUT2D eigenvalue weighted by Crippen LogP contribution is -2.01. The third-order valence-electron chi connectivity index (χ3n) is 5.10. The van der Waals surface area contributed by atoms with E-state index in [9.17, 15) is 4.79 Å². The van der Waals surface area contributed by atoms with Gasteiger partial charge >= 0.3 is 5.97 Å². The highest BCUT2D eigenvalue weighted by atomic mass is 16.5. The number of rotatable bonds is 9. The maximum Gasteiger partial charge on any atom is 0.305 e. The van der Waals surface area contributed by atoms with Crippen molar-refractivity contribution in [2.24, 2.45) is 0 Å². The molecule has 4 rings (SSSR count). The first-order valence-corrected chi connectivity index (χ1v) is 10.4. The zero-order chi connectivity index (χ0) is 21.5. The van der Waals surface area contributed by atoms with Crippen LogP contribution >= 0.6 is 0 Å². The summed E-state index contributed by atoms with van der Waals surface area (Å²) in [4.78, 5) is 20.2. The number of hydrogen-bond donors (Lipinski definition) is 0. The summed E-state index contributed by atoms with van der Waals surface area (Å²) in [6.45, 7) is 0.601. The molecular weight excluding hydrogens is 390 g/mol. The van der Waals surface area contributed by atoms with Crippen LogP contribution in [0.25, 0.3) is 28.1 Å². The number of methoxy groups -OCH3 is 1. The number of pyridine rings is 1. The molecule has 0 saturated heterocycles. The van der Waals surface area contributed by atoms with E-state index in [0.717, 1.165) is 53.1 Å². The second kappa shape index (κ2) is 9.89. The molecule has 0 saturated carbocycles. The Kier molecular flexibility index (Phi) is 6.57. The molecular formula is C25H25N3O3. The van der Waals surface area contributed by atoms with Crippen molar-refractivity contribution in [3.63, 3.8) is 0 Å². The minimum Gasteiger partial charge on any atom is -0.494 e. The number of esters is 1. The fourth-order valence-corrected chi connectivity index (χ4v) is 3.52. The summed E-state index contributed by atoms with van der Waals surface area (Å²) >= 11 is 0. The molecule has 0 radical (unpaired) electrons. The Morgan fingerprint density at radius 2 is 1.77 bits per heavy atom. The van der Waals surface area contributed by atoms with Crippen LogP contribution in [0.5, 0.6) is 5.75 Å². The van der Waals surface area contributed by atoms with Crippen LogP contribution in [-0.4, -0.2) is 34.2 Å². The summed E-state index contributed by atoms with van der Waals surface area (Å²) in [6, 6.07) is 20.1. The number of imidazole rings is 1. The van der Waals surface area contributed by atoms with Crippen molar-refractivity contribution in [1.29, 1.82) is 0 Å². The average Bonchev–Trinajstić information content (AvgIpc) is 3.21. The van der Waals surface area contributed by atoms with Crippen LogP contribution in [0.1, 0.15) is 25.7 Å². The highest BCUT2D eigenvalue weighted by Gasteiger charge is 2.15. The molecule has 158 valence electrons. The number of hydrogen-bond acceptors (Lipinski definition) is 5. The zero-order valence-corrected chi connectivity index (χ0v) is 17.5. The van der Waals surface area contributed by atoms with E-state index in [0.29, 0.717) is 13.0 Å². The topological polar surface area (TPSA) is 66.2 Å². The van der Waals surface area contributed by atoms with Gasteiger partial charge in [-0.15, -0.1) is 0 Å². The number of benzene rings is 2. The highest BCUT2D eigenvalue weighted by molar-refractivity contribution is 5.84. The minimum atomic E-state index is -0.162. The number of fused-ring (bicyclic) bond motifs is 1. The first-order valence-electron chi connectivity index (χ1n) is 10.4. The van der Waals surface area contributed by atoms with Gasteiger partial charge in [0.05, 0.1) is 24.8 Å². The average molecular weight is 415 g/mol. The van der Waals surface area contributed by atoms with E-state index in [2.05, 4.69) is 26.4 Å². The fraction of sp³-hybridized carbons (Fsp3) is 0.240. The molecule has 0 N–H and O–H groups in total. The van der Waals surface area contributed by atoms with Crippen LogP contribution in [0, 0.1) is 0 Å².